The second-order valence-corrected chi connectivity index (χ2v) is 4.80. The van der Waals surface area contributed by atoms with Gasteiger partial charge in [0.05, 0.1) is 7.11 Å². The Labute approximate surface area is 117 Å². The van der Waals surface area contributed by atoms with Gasteiger partial charge in [0.1, 0.15) is 6.04 Å². The Morgan fingerprint density at radius 2 is 1.80 bits per heavy atom. The first-order valence-electron chi connectivity index (χ1n) is 6.69. The van der Waals surface area contributed by atoms with Crippen molar-refractivity contribution in [1.29, 1.82) is 0 Å². The molecule has 0 bridgehead atoms. The van der Waals surface area contributed by atoms with Gasteiger partial charge in [0.2, 0.25) is 0 Å². The lowest BCUT2D eigenvalue weighted by atomic mass is 9.95. The number of rotatable bonds is 8. The number of halogens is 3. The van der Waals surface area contributed by atoms with Crippen LogP contribution >= 0.6 is 0 Å². The van der Waals surface area contributed by atoms with Crippen LogP contribution < -0.4 is 5.32 Å². The second kappa shape index (κ2) is 8.81. The van der Waals surface area contributed by atoms with Gasteiger partial charge in [-0.3, -0.25) is 4.79 Å². The van der Waals surface area contributed by atoms with E-state index in [9.17, 15) is 22.8 Å². The van der Waals surface area contributed by atoms with E-state index in [0.717, 1.165) is 32.8 Å². The van der Waals surface area contributed by atoms with Crippen molar-refractivity contribution in [3.05, 3.63) is 0 Å². The summed E-state index contributed by atoms with van der Waals surface area (Å²) in [6.45, 7) is 3.68. The van der Waals surface area contributed by atoms with E-state index < -0.39 is 30.0 Å². The molecule has 0 fully saturated rings. The van der Waals surface area contributed by atoms with Crippen LogP contribution in [0.1, 0.15) is 46.0 Å². The summed E-state index contributed by atoms with van der Waals surface area (Å²) in [4.78, 5) is 22.4. The summed E-state index contributed by atoms with van der Waals surface area (Å²) in [5.74, 6) is -3.38. The van der Waals surface area contributed by atoms with Gasteiger partial charge in [-0.25, -0.2) is 4.79 Å². The third-order valence-corrected chi connectivity index (χ3v) is 3.08. The van der Waals surface area contributed by atoms with Gasteiger partial charge in [0, 0.05) is 0 Å². The number of carbonyl (C=O) groups excluding carboxylic acids is 2. The molecule has 0 rings (SSSR count). The summed E-state index contributed by atoms with van der Waals surface area (Å²) < 4.78 is 41.1. The first-order chi connectivity index (χ1) is 9.23. The van der Waals surface area contributed by atoms with Crippen molar-refractivity contribution >= 4 is 11.9 Å². The van der Waals surface area contributed by atoms with Crippen LogP contribution in [0.25, 0.3) is 0 Å². The Kier molecular flexibility index (Phi) is 8.25. The van der Waals surface area contributed by atoms with E-state index in [2.05, 4.69) is 4.74 Å². The fraction of sp³-hybridized carbons (Fsp3) is 0.846. The Morgan fingerprint density at radius 3 is 2.25 bits per heavy atom. The Bertz CT molecular complexity index is 318. The molecule has 20 heavy (non-hydrogen) atoms. The normalized spacial score (nSPS) is 14.5. The van der Waals surface area contributed by atoms with E-state index in [4.69, 9.17) is 0 Å². The molecule has 0 unspecified atom stereocenters. The van der Waals surface area contributed by atoms with Crippen LogP contribution in [-0.2, 0) is 14.3 Å². The van der Waals surface area contributed by atoms with Crippen LogP contribution in [-0.4, -0.2) is 31.2 Å². The molecule has 0 aliphatic rings. The highest BCUT2D eigenvalue weighted by Gasteiger charge is 2.42. The second-order valence-electron chi connectivity index (χ2n) is 4.80. The molecule has 0 aromatic heterocycles. The van der Waals surface area contributed by atoms with E-state index in [0.29, 0.717) is 6.42 Å². The lowest BCUT2D eigenvalue weighted by Gasteiger charge is -2.23. The van der Waals surface area contributed by atoms with Gasteiger partial charge in [-0.05, 0) is 12.3 Å². The largest absolute Gasteiger partial charge is 0.471 e. The van der Waals surface area contributed by atoms with Crippen molar-refractivity contribution in [2.75, 3.05) is 7.11 Å². The maximum Gasteiger partial charge on any atom is 0.471 e. The fourth-order valence-corrected chi connectivity index (χ4v) is 1.84. The molecule has 2 atom stereocenters. The van der Waals surface area contributed by atoms with E-state index in [1.165, 1.54) is 0 Å². The number of esters is 1. The molecule has 0 aromatic rings. The maximum absolute atomic E-state index is 12.2. The first-order valence-corrected chi connectivity index (χ1v) is 6.69. The number of hydrogen-bond donors (Lipinski definition) is 1. The Hall–Kier alpha value is -1.27. The first kappa shape index (κ1) is 18.7. The fourth-order valence-electron chi connectivity index (χ4n) is 1.84. The standard InChI is InChI=1S/C13H22F3NO3/c1-4-5-6-7-8-9(2)10(11(18)20-3)17-12(19)13(14,15)16/h9-10H,4-8H2,1-3H3,(H,17,19)/t9-,10-/m0/s1. The number of hydrogen-bond acceptors (Lipinski definition) is 3. The van der Waals surface area contributed by atoms with Crippen molar-refractivity contribution in [1.82, 2.24) is 5.32 Å². The molecule has 0 heterocycles. The van der Waals surface area contributed by atoms with Crippen LogP contribution in [0.15, 0.2) is 0 Å². The summed E-state index contributed by atoms with van der Waals surface area (Å²) in [7, 11) is 1.08. The number of methoxy groups -OCH3 is 1. The van der Waals surface area contributed by atoms with Crippen LogP contribution in [0, 0.1) is 5.92 Å². The molecule has 4 nitrogen and oxygen atoms in total. The zero-order valence-corrected chi connectivity index (χ0v) is 12.0. The SMILES string of the molecule is CCCCCC[C@H](C)[C@H](NC(=O)C(F)(F)F)C(=O)OC. The van der Waals surface area contributed by atoms with E-state index in [1.54, 1.807) is 12.2 Å². The number of unbranched alkanes of at least 4 members (excludes halogenated alkanes) is 3. The molecule has 0 saturated heterocycles. The van der Waals surface area contributed by atoms with Crippen molar-refractivity contribution < 1.29 is 27.5 Å². The monoisotopic (exact) mass is 297 g/mol. The third-order valence-electron chi connectivity index (χ3n) is 3.08. The molecule has 0 aliphatic heterocycles. The lowest BCUT2D eigenvalue weighted by molar-refractivity contribution is -0.176. The number of ether oxygens (including phenoxy) is 1. The molecule has 7 heteroatoms. The van der Waals surface area contributed by atoms with Gasteiger partial charge in [-0.2, -0.15) is 13.2 Å². The van der Waals surface area contributed by atoms with Gasteiger partial charge >= 0.3 is 18.1 Å². The molecule has 118 valence electrons. The number of amides is 1. The Balaban J connectivity index is 4.56. The highest BCUT2D eigenvalue weighted by molar-refractivity contribution is 5.87. The maximum atomic E-state index is 12.2. The highest BCUT2D eigenvalue weighted by atomic mass is 19.4. The summed E-state index contributed by atoms with van der Waals surface area (Å²) >= 11 is 0. The zero-order chi connectivity index (χ0) is 15.8. The summed E-state index contributed by atoms with van der Waals surface area (Å²) in [5.41, 5.74) is 0. The van der Waals surface area contributed by atoms with Crippen molar-refractivity contribution in [3.8, 4) is 0 Å². The van der Waals surface area contributed by atoms with Crippen LogP contribution in [0.5, 0.6) is 0 Å². The van der Waals surface area contributed by atoms with Gasteiger partial charge < -0.3 is 10.1 Å². The average Bonchev–Trinajstić information content (AvgIpc) is 2.38. The van der Waals surface area contributed by atoms with E-state index in [1.807, 2.05) is 6.92 Å². The molecule has 0 saturated carbocycles. The number of nitrogens with one attached hydrogen (secondary N) is 1. The van der Waals surface area contributed by atoms with E-state index >= 15 is 0 Å². The minimum atomic E-state index is -5.01. The molecule has 0 aliphatic carbocycles. The number of alkyl halides is 3. The number of carbonyl (C=O) groups is 2. The minimum absolute atomic E-state index is 0.411. The van der Waals surface area contributed by atoms with Gasteiger partial charge in [-0.1, -0.05) is 39.5 Å². The van der Waals surface area contributed by atoms with Crippen molar-refractivity contribution in [2.24, 2.45) is 5.92 Å². The van der Waals surface area contributed by atoms with Crippen LogP contribution in [0.4, 0.5) is 13.2 Å². The smallest absolute Gasteiger partial charge is 0.467 e. The molecular weight excluding hydrogens is 275 g/mol. The topological polar surface area (TPSA) is 55.4 Å². The molecule has 1 N–H and O–H groups in total. The molecular formula is C13H22F3NO3. The highest BCUT2D eigenvalue weighted by Crippen LogP contribution is 2.19. The Morgan fingerprint density at radius 1 is 1.20 bits per heavy atom. The third kappa shape index (κ3) is 6.77. The van der Waals surface area contributed by atoms with Crippen molar-refractivity contribution in [3.63, 3.8) is 0 Å². The molecule has 1 amide bonds. The average molecular weight is 297 g/mol. The molecule has 0 aromatic carbocycles. The molecule has 0 radical (unpaired) electrons. The summed E-state index contributed by atoms with van der Waals surface area (Å²) in [6, 6.07) is -1.27. The quantitative estimate of drug-likeness (QED) is 0.553. The van der Waals surface area contributed by atoms with E-state index in [-0.39, 0.29) is 0 Å². The summed E-state index contributed by atoms with van der Waals surface area (Å²) in [6.07, 6.45) is -0.636. The zero-order valence-electron chi connectivity index (χ0n) is 12.0. The predicted molar refractivity (Wildman–Crippen MR) is 67.9 cm³/mol. The van der Waals surface area contributed by atoms with Crippen molar-refractivity contribution in [2.45, 2.75) is 58.2 Å². The summed E-state index contributed by atoms with van der Waals surface area (Å²) in [5, 5.41) is 1.71. The van der Waals surface area contributed by atoms with Gasteiger partial charge in [0.25, 0.3) is 0 Å². The lowest BCUT2D eigenvalue weighted by Crippen LogP contribution is -2.50. The van der Waals surface area contributed by atoms with Gasteiger partial charge in [0.15, 0.2) is 0 Å². The minimum Gasteiger partial charge on any atom is -0.467 e. The van der Waals surface area contributed by atoms with Gasteiger partial charge in [-0.15, -0.1) is 0 Å². The predicted octanol–water partition coefficient (Wildman–Crippen LogP) is 2.81. The van der Waals surface area contributed by atoms with Crippen LogP contribution in [0.3, 0.4) is 0 Å². The van der Waals surface area contributed by atoms with Crippen LogP contribution in [0.2, 0.25) is 0 Å². The molecule has 0 spiro atoms.